The number of nitrogens with zero attached hydrogens (tertiary/aromatic N) is 2. The summed E-state index contributed by atoms with van der Waals surface area (Å²) >= 11 is 0. The van der Waals surface area contributed by atoms with Crippen molar-refractivity contribution >= 4 is 34.9 Å². The van der Waals surface area contributed by atoms with Crippen LogP contribution in [-0.2, 0) is 4.79 Å². The highest BCUT2D eigenvalue weighted by atomic mass is 35.5. The Morgan fingerprint density at radius 1 is 1.28 bits per heavy atom. The average Bonchev–Trinajstić information content (AvgIpc) is 2.97. The predicted molar refractivity (Wildman–Crippen MR) is 101 cm³/mol. The molecule has 1 heterocycles. The first-order chi connectivity index (χ1) is 11.5. The van der Waals surface area contributed by atoms with Gasteiger partial charge in [0.2, 0.25) is 5.91 Å². The molecule has 0 radical (unpaired) electrons. The monoisotopic (exact) mass is 360 g/mol. The van der Waals surface area contributed by atoms with Gasteiger partial charge in [-0.05, 0) is 49.7 Å². The minimum Gasteiger partial charge on any atom is -0.391 e. The molecule has 2 aromatic carbocycles. The summed E-state index contributed by atoms with van der Waals surface area (Å²) in [7, 11) is 0. The highest BCUT2D eigenvalue weighted by Gasteiger charge is 2.19. The van der Waals surface area contributed by atoms with Crippen LogP contribution in [0.15, 0.2) is 48.7 Å². The zero-order chi connectivity index (χ0) is 17.3. The molecule has 4 N–H and O–H groups in total. The number of carbonyl (C=O) groups is 1. The molecule has 6 nitrogen and oxygen atoms in total. The Balaban J connectivity index is 0.00000225. The fourth-order valence-corrected chi connectivity index (χ4v) is 2.51. The standard InChI is InChI=1S/C18H20N4O2.ClH/c1-11-4-3-5-15(8-11)22-16-9-14(7-6-13(16)10-20-22)21-18(24)17(19)12(2)23;/h3-10,12,17,23H,19H2,1-2H3,(H,21,24);1H/t12-,17-;/m0./s1. The quantitative estimate of drug-likeness (QED) is 0.666. The van der Waals surface area contributed by atoms with Crippen molar-refractivity contribution in [3.8, 4) is 5.69 Å². The summed E-state index contributed by atoms with van der Waals surface area (Å²) in [5.74, 6) is -0.425. The molecule has 1 aromatic heterocycles. The van der Waals surface area contributed by atoms with Gasteiger partial charge in [0.25, 0.3) is 0 Å². The first-order valence-electron chi connectivity index (χ1n) is 7.75. The Morgan fingerprint density at radius 2 is 2.04 bits per heavy atom. The third-order valence-corrected chi connectivity index (χ3v) is 3.91. The van der Waals surface area contributed by atoms with E-state index in [4.69, 9.17) is 5.73 Å². The largest absolute Gasteiger partial charge is 0.391 e. The smallest absolute Gasteiger partial charge is 0.243 e. The van der Waals surface area contributed by atoms with Crippen LogP contribution in [0.1, 0.15) is 12.5 Å². The van der Waals surface area contributed by atoms with Crippen molar-refractivity contribution in [2.24, 2.45) is 5.73 Å². The molecule has 0 saturated carbocycles. The van der Waals surface area contributed by atoms with Gasteiger partial charge in [0, 0.05) is 11.1 Å². The molecule has 0 spiro atoms. The first kappa shape index (κ1) is 18.9. The Labute approximate surface area is 152 Å². The number of aromatic nitrogens is 2. The Kier molecular flexibility index (Phi) is 5.79. The van der Waals surface area contributed by atoms with Crippen LogP contribution in [-0.4, -0.2) is 32.9 Å². The minimum absolute atomic E-state index is 0. The van der Waals surface area contributed by atoms with Crippen molar-refractivity contribution in [3.05, 3.63) is 54.2 Å². The molecule has 132 valence electrons. The van der Waals surface area contributed by atoms with Crippen LogP contribution >= 0.6 is 12.4 Å². The Morgan fingerprint density at radius 3 is 2.72 bits per heavy atom. The predicted octanol–water partition coefficient (Wildman–Crippen LogP) is 2.40. The van der Waals surface area contributed by atoms with Crippen LogP contribution in [0.2, 0.25) is 0 Å². The number of aryl methyl sites for hydroxylation is 1. The molecular weight excluding hydrogens is 340 g/mol. The number of amides is 1. The number of rotatable bonds is 4. The fourth-order valence-electron chi connectivity index (χ4n) is 2.51. The maximum Gasteiger partial charge on any atom is 0.243 e. The summed E-state index contributed by atoms with van der Waals surface area (Å²) in [5.41, 5.74) is 9.24. The summed E-state index contributed by atoms with van der Waals surface area (Å²) in [6, 6.07) is 12.6. The molecule has 7 heteroatoms. The van der Waals surface area contributed by atoms with E-state index in [1.54, 1.807) is 12.3 Å². The Hall–Kier alpha value is -2.41. The molecule has 3 aromatic rings. The lowest BCUT2D eigenvalue weighted by Gasteiger charge is -2.14. The summed E-state index contributed by atoms with van der Waals surface area (Å²) < 4.78 is 1.83. The molecular formula is C18H21ClN4O2. The van der Waals surface area contributed by atoms with Gasteiger partial charge in [0.1, 0.15) is 6.04 Å². The second-order valence-electron chi connectivity index (χ2n) is 5.92. The van der Waals surface area contributed by atoms with E-state index in [1.807, 2.05) is 48.0 Å². The number of aliphatic hydroxyl groups excluding tert-OH is 1. The van der Waals surface area contributed by atoms with Gasteiger partial charge in [-0.2, -0.15) is 5.10 Å². The number of nitrogens with two attached hydrogens (primary N) is 1. The molecule has 0 aliphatic carbocycles. The number of fused-ring (bicyclic) bond motifs is 1. The second kappa shape index (κ2) is 7.65. The van der Waals surface area contributed by atoms with Gasteiger partial charge in [-0.1, -0.05) is 12.1 Å². The van der Waals surface area contributed by atoms with Gasteiger partial charge in [-0.15, -0.1) is 12.4 Å². The molecule has 3 rings (SSSR count). The minimum atomic E-state index is -0.970. The maximum absolute atomic E-state index is 12.0. The maximum atomic E-state index is 12.0. The molecule has 0 aliphatic heterocycles. The normalized spacial score (nSPS) is 13.1. The van der Waals surface area contributed by atoms with E-state index in [9.17, 15) is 9.90 Å². The summed E-state index contributed by atoms with van der Waals surface area (Å²) in [4.78, 5) is 12.0. The number of benzene rings is 2. The van der Waals surface area contributed by atoms with Crippen LogP contribution in [0.4, 0.5) is 5.69 Å². The SMILES string of the molecule is Cc1cccc(-n2ncc3ccc(NC(=O)[C@@H](N)[C@H](C)O)cc32)c1.Cl. The lowest BCUT2D eigenvalue weighted by molar-refractivity contribution is -0.119. The zero-order valence-corrected chi connectivity index (χ0v) is 14.8. The van der Waals surface area contributed by atoms with Crippen LogP contribution in [0.5, 0.6) is 0 Å². The van der Waals surface area contributed by atoms with Gasteiger partial charge in [-0.25, -0.2) is 4.68 Å². The lowest BCUT2D eigenvalue weighted by Crippen LogP contribution is -2.43. The van der Waals surface area contributed by atoms with E-state index >= 15 is 0 Å². The van der Waals surface area contributed by atoms with Crippen LogP contribution in [0.3, 0.4) is 0 Å². The third kappa shape index (κ3) is 3.99. The van der Waals surface area contributed by atoms with E-state index in [0.29, 0.717) is 5.69 Å². The van der Waals surface area contributed by atoms with Crippen molar-refractivity contribution in [1.82, 2.24) is 9.78 Å². The van der Waals surface area contributed by atoms with Crippen LogP contribution < -0.4 is 11.1 Å². The number of hydrogen-bond acceptors (Lipinski definition) is 4. The number of carbonyl (C=O) groups excluding carboxylic acids is 1. The molecule has 0 saturated heterocycles. The van der Waals surface area contributed by atoms with Gasteiger partial charge in [0.15, 0.2) is 0 Å². The lowest BCUT2D eigenvalue weighted by atomic mass is 10.1. The average molecular weight is 361 g/mol. The van der Waals surface area contributed by atoms with Crippen molar-refractivity contribution in [1.29, 1.82) is 0 Å². The van der Waals surface area contributed by atoms with E-state index in [2.05, 4.69) is 10.4 Å². The number of halogens is 1. The van der Waals surface area contributed by atoms with Gasteiger partial charge in [0.05, 0.1) is 23.5 Å². The van der Waals surface area contributed by atoms with Crippen LogP contribution in [0.25, 0.3) is 16.6 Å². The van der Waals surface area contributed by atoms with E-state index in [-0.39, 0.29) is 12.4 Å². The van der Waals surface area contributed by atoms with Crippen molar-refractivity contribution < 1.29 is 9.90 Å². The summed E-state index contributed by atoms with van der Waals surface area (Å²) in [5, 5.41) is 17.6. The van der Waals surface area contributed by atoms with Crippen molar-refractivity contribution in [3.63, 3.8) is 0 Å². The van der Waals surface area contributed by atoms with Crippen molar-refractivity contribution in [2.75, 3.05) is 5.32 Å². The summed E-state index contributed by atoms with van der Waals surface area (Å²) in [6.07, 6.45) is 0.872. The highest BCUT2D eigenvalue weighted by Crippen LogP contribution is 2.22. The molecule has 0 unspecified atom stereocenters. The van der Waals surface area contributed by atoms with E-state index < -0.39 is 18.1 Å². The number of hydrogen-bond donors (Lipinski definition) is 3. The molecule has 25 heavy (non-hydrogen) atoms. The topological polar surface area (TPSA) is 93.2 Å². The van der Waals surface area contributed by atoms with Crippen LogP contribution in [0, 0.1) is 6.92 Å². The molecule has 0 fully saturated rings. The molecule has 0 bridgehead atoms. The number of nitrogens with one attached hydrogen (secondary N) is 1. The second-order valence-corrected chi connectivity index (χ2v) is 5.92. The van der Waals surface area contributed by atoms with Gasteiger partial charge >= 0.3 is 0 Å². The molecule has 2 atom stereocenters. The summed E-state index contributed by atoms with van der Waals surface area (Å²) in [6.45, 7) is 3.51. The van der Waals surface area contributed by atoms with E-state index in [1.165, 1.54) is 6.92 Å². The van der Waals surface area contributed by atoms with E-state index in [0.717, 1.165) is 22.2 Å². The van der Waals surface area contributed by atoms with Gasteiger partial charge in [-0.3, -0.25) is 4.79 Å². The van der Waals surface area contributed by atoms with Gasteiger partial charge < -0.3 is 16.2 Å². The fraction of sp³-hybridized carbons (Fsp3) is 0.222. The molecule has 0 aliphatic rings. The number of anilines is 1. The Bertz CT molecular complexity index is 892. The molecule has 1 amide bonds. The first-order valence-corrected chi connectivity index (χ1v) is 7.75. The van der Waals surface area contributed by atoms with Crippen molar-refractivity contribution in [2.45, 2.75) is 26.0 Å². The number of aliphatic hydroxyl groups is 1. The third-order valence-electron chi connectivity index (χ3n) is 3.91. The highest BCUT2D eigenvalue weighted by molar-refractivity contribution is 5.97. The zero-order valence-electron chi connectivity index (χ0n) is 14.0.